The Balaban J connectivity index is 1.77. The Morgan fingerprint density at radius 1 is 1.00 bits per heavy atom. The topological polar surface area (TPSA) is 40.5 Å². The minimum Gasteiger partial charge on any atom is -0.369 e. The normalized spacial score (nSPS) is 23.9. The molecule has 2 unspecified atom stereocenters. The number of aliphatic hydroxyl groups is 1. The molecule has 2 atom stereocenters. The molecular formula is C17H15NO2. The first kappa shape index (κ1) is 11.7. The molecule has 0 spiro atoms. The Morgan fingerprint density at radius 3 is 2.50 bits per heavy atom. The monoisotopic (exact) mass is 265 g/mol. The van der Waals surface area contributed by atoms with Gasteiger partial charge in [0.05, 0.1) is 6.04 Å². The van der Waals surface area contributed by atoms with Crippen LogP contribution in [-0.2, 0) is 6.42 Å². The lowest BCUT2D eigenvalue weighted by atomic mass is 10.1. The van der Waals surface area contributed by atoms with Crippen molar-refractivity contribution in [2.75, 3.05) is 0 Å². The average molecular weight is 265 g/mol. The number of aryl methyl sites for hydroxylation is 1. The van der Waals surface area contributed by atoms with Crippen molar-refractivity contribution < 1.29 is 9.90 Å². The van der Waals surface area contributed by atoms with E-state index in [-0.39, 0.29) is 11.9 Å². The first-order valence-electron chi connectivity index (χ1n) is 6.95. The van der Waals surface area contributed by atoms with Crippen LogP contribution in [0.2, 0.25) is 0 Å². The number of benzene rings is 2. The molecule has 3 heteroatoms. The molecule has 1 amide bonds. The van der Waals surface area contributed by atoms with Gasteiger partial charge in [-0.05, 0) is 30.0 Å². The van der Waals surface area contributed by atoms with Crippen LogP contribution in [0, 0.1) is 0 Å². The highest BCUT2D eigenvalue weighted by Crippen LogP contribution is 2.43. The third-order valence-electron chi connectivity index (χ3n) is 4.40. The minimum atomic E-state index is -0.824. The summed E-state index contributed by atoms with van der Waals surface area (Å²) in [6.45, 7) is 0. The van der Waals surface area contributed by atoms with E-state index in [0.29, 0.717) is 5.56 Å². The fourth-order valence-electron chi connectivity index (χ4n) is 3.45. The predicted molar refractivity (Wildman–Crippen MR) is 75.1 cm³/mol. The maximum Gasteiger partial charge on any atom is 0.257 e. The maximum absolute atomic E-state index is 12.6. The van der Waals surface area contributed by atoms with E-state index < -0.39 is 6.23 Å². The van der Waals surface area contributed by atoms with Crippen LogP contribution in [0.1, 0.15) is 45.7 Å². The van der Waals surface area contributed by atoms with Gasteiger partial charge in [0.25, 0.3) is 5.91 Å². The molecule has 1 aliphatic heterocycles. The van der Waals surface area contributed by atoms with Crippen molar-refractivity contribution in [3.8, 4) is 0 Å². The summed E-state index contributed by atoms with van der Waals surface area (Å²) >= 11 is 0. The fourth-order valence-corrected chi connectivity index (χ4v) is 3.45. The van der Waals surface area contributed by atoms with Crippen molar-refractivity contribution in [2.45, 2.75) is 25.1 Å². The molecule has 0 saturated carbocycles. The van der Waals surface area contributed by atoms with Gasteiger partial charge in [-0.2, -0.15) is 0 Å². The van der Waals surface area contributed by atoms with E-state index in [0.717, 1.165) is 18.4 Å². The number of nitrogens with zero attached hydrogens (tertiary/aromatic N) is 1. The number of hydrogen-bond donors (Lipinski definition) is 1. The Morgan fingerprint density at radius 2 is 1.70 bits per heavy atom. The molecule has 0 fully saturated rings. The third-order valence-corrected chi connectivity index (χ3v) is 4.40. The summed E-state index contributed by atoms with van der Waals surface area (Å²) in [5.74, 6) is -0.0604. The summed E-state index contributed by atoms with van der Waals surface area (Å²) < 4.78 is 0. The van der Waals surface area contributed by atoms with Gasteiger partial charge in [0.2, 0.25) is 0 Å². The number of amides is 1. The highest BCUT2D eigenvalue weighted by Gasteiger charge is 2.41. The van der Waals surface area contributed by atoms with E-state index >= 15 is 0 Å². The number of aliphatic hydroxyl groups excluding tert-OH is 1. The zero-order chi connectivity index (χ0) is 13.7. The smallest absolute Gasteiger partial charge is 0.257 e. The second kappa shape index (κ2) is 4.18. The zero-order valence-electron chi connectivity index (χ0n) is 11.0. The third kappa shape index (κ3) is 1.47. The van der Waals surface area contributed by atoms with Crippen molar-refractivity contribution in [1.29, 1.82) is 0 Å². The number of rotatable bonds is 1. The molecule has 2 aromatic rings. The molecule has 20 heavy (non-hydrogen) atoms. The van der Waals surface area contributed by atoms with Crippen molar-refractivity contribution >= 4 is 5.91 Å². The molecule has 2 aromatic carbocycles. The lowest BCUT2D eigenvalue weighted by Gasteiger charge is -2.28. The minimum absolute atomic E-state index is 0.0129. The lowest BCUT2D eigenvalue weighted by molar-refractivity contribution is -0.00363. The van der Waals surface area contributed by atoms with Crippen LogP contribution in [0.4, 0.5) is 0 Å². The predicted octanol–water partition coefficient (Wildman–Crippen LogP) is 2.82. The van der Waals surface area contributed by atoms with Crippen LogP contribution in [-0.4, -0.2) is 15.9 Å². The van der Waals surface area contributed by atoms with E-state index in [1.165, 1.54) is 11.1 Å². The van der Waals surface area contributed by atoms with Crippen LogP contribution in [0.15, 0.2) is 48.5 Å². The van der Waals surface area contributed by atoms with Crippen LogP contribution >= 0.6 is 0 Å². The number of carbonyl (C=O) groups excluding carboxylic acids is 1. The van der Waals surface area contributed by atoms with Crippen LogP contribution < -0.4 is 0 Å². The summed E-state index contributed by atoms with van der Waals surface area (Å²) in [4.78, 5) is 14.2. The molecular weight excluding hydrogens is 250 g/mol. The number of fused-ring (bicyclic) bond motifs is 2. The van der Waals surface area contributed by atoms with Gasteiger partial charge in [-0.25, -0.2) is 0 Å². The second-order valence-corrected chi connectivity index (χ2v) is 5.43. The van der Waals surface area contributed by atoms with Gasteiger partial charge in [-0.15, -0.1) is 0 Å². The van der Waals surface area contributed by atoms with Crippen molar-refractivity contribution in [3.05, 3.63) is 70.8 Å². The quantitative estimate of drug-likeness (QED) is 0.861. The van der Waals surface area contributed by atoms with Gasteiger partial charge < -0.3 is 10.0 Å². The Bertz CT molecular complexity index is 695. The molecule has 100 valence electrons. The molecule has 1 N–H and O–H groups in total. The van der Waals surface area contributed by atoms with Crippen molar-refractivity contribution in [2.24, 2.45) is 0 Å². The van der Waals surface area contributed by atoms with Gasteiger partial charge in [-0.3, -0.25) is 4.79 Å². The molecule has 0 bridgehead atoms. The summed E-state index contributed by atoms with van der Waals surface area (Å²) in [6.07, 6.45) is 1.03. The van der Waals surface area contributed by atoms with E-state index in [4.69, 9.17) is 0 Å². The zero-order valence-corrected chi connectivity index (χ0v) is 11.0. The molecule has 2 aliphatic rings. The van der Waals surface area contributed by atoms with Gasteiger partial charge in [0.1, 0.15) is 0 Å². The van der Waals surface area contributed by atoms with Crippen molar-refractivity contribution in [3.63, 3.8) is 0 Å². The van der Waals surface area contributed by atoms with E-state index in [2.05, 4.69) is 12.1 Å². The molecule has 0 aromatic heterocycles. The van der Waals surface area contributed by atoms with Gasteiger partial charge in [0.15, 0.2) is 6.23 Å². The molecule has 0 saturated heterocycles. The standard InChI is InChI=1S/C17H15NO2/c19-16-13-7-3-4-8-14(13)17(20)18(16)15-10-9-11-5-1-2-6-12(11)15/h1-8,15-16,19H,9-10H2. The van der Waals surface area contributed by atoms with Gasteiger partial charge in [0, 0.05) is 11.1 Å². The molecule has 1 heterocycles. The summed E-state index contributed by atoms with van der Waals surface area (Å²) in [6, 6.07) is 15.5. The highest BCUT2D eigenvalue weighted by molar-refractivity contribution is 5.99. The first-order valence-corrected chi connectivity index (χ1v) is 6.95. The Kier molecular flexibility index (Phi) is 2.44. The average Bonchev–Trinajstić information content (AvgIpc) is 3.01. The fraction of sp³-hybridized carbons (Fsp3) is 0.235. The van der Waals surface area contributed by atoms with Crippen molar-refractivity contribution in [1.82, 2.24) is 4.90 Å². The molecule has 3 nitrogen and oxygen atoms in total. The van der Waals surface area contributed by atoms with Gasteiger partial charge >= 0.3 is 0 Å². The highest BCUT2D eigenvalue weighted by atomic mass is 16.3. The second-order valence-electron chi connectivity index (χ2n) is 5.43. The van der Waals surface area contributed by atoms with Gasteiger partial charge in [-0.1, -0.05) is 42.5 Å². The Labute approximate surface area is 117 Å². The first-order chi connectivity index (χ1) is 9.77. The number of carbonyl (C=O) groups is 1. The molecule has 0 radical (unpaired) electrons. The largest absolute Gasteiger partial charge is 0.369 e. The van der Waals surface area contributed by atoms with E-state index in [1.54, 1.807) is 11.0 Å². The van der Waals surface area contributed by atoms with Crippen LogP contribution in [0.25, 0.3) is 0 Å². The molecule has 4 rings (SSSR count). The summed E-state index contributed by atoms with van der Waals surface area (Å²) in [5, 5.41) is 10.5. The number of hydrogen-bond acceptors (Lipinski definition) is 2. The summed E-state index contributed by atoms with van der Waals surface area (Å²) in [7, 11) is 0. The van der Waals surface area contributed by atoms with E-state index in [1.807, 2.05) is 30.3 Å². The SMILES string of the molecule is O=C1c2ccccc2C(O)N1C1CCc2ccccc21. The van der Waals surface area contributed by atoms with Crippen LogP contribution in [0.3, 0.4) is 0 Å². The Hall–Kier alpha value is -2.13. The molecule has 1 aliphatic carbocycles. The van der Waals surface area contributed by atoms with Crippen LogP contribution in [0.5, 0.6) is 0 Å². The summed E-state index contributed by atoms with van der Waals surface area (Å²) in [5.41, 5.74) is 3.81. The maximum atomic E-state index is 12.6. The van der Waals surface area contributed by atoms with E-state index in [9.17, 15) is 9.90 Å². The lowest BCUT2D eigenvalue weighted by Crippen LogP contribution is -2.31.